The number of unbranched alkanes of at least 4 members (excludes halogenated alkanes) is 2. The fourth-order valence-electron chi connectivity index (χ4n) is 0.922. The smallest absolute Gasteiger partial charge is 0.157 e. The van der Waals surface area contributed by atoms with E-state index in [1.54, 1.807) is 0 Å². The summed E-state index contributed by atoms with van der Waals surface area (Å²) in [6, 6.07) is 0. The van der Waals surface area contributed by atoms with Gasteiger partial charge in [-0.2, -0.15) is 0 Å². The molecule has 0 spiro atoms. The van der Waals surface area contributed by atoms with Crippen LogP contribution in [-0.4, -0.2) is 18.0 Å². The van der Waals surface area contributed by atoms with Gasteiger partial charge in [-0.25, -0.2) is 0 Å². The second kappa shape index (κ2) is 7.56. The van der Waals surface area contributed by atoms with Crippen LogP contribution in [0.15, 0.2) is 0 Å². The van der Waals surface area contributed by atoms with Crippen LogP contribution in [0, 0.1) is 5.92 Å². The molecule has 0 aromatic rings. The third-order valence-electron chi connectivity index (χ3n) is 2.17. The predicted molar refractivity (Wildman–Crippen MR) is 50.9 cm³/mol. The molecule has 2 atom stereocenters. The molecule has 0 radical (unpaired) electrons. The number of hydrogen-bond acceptors (Lipinski definition) is 2. The van der Waals surface area contributed by atoms with Crippen molar-refractivity contribution < 1.29 is 9.84 Å². The van der Waals surface area contributed by atoms with E-state index < -0.39 is 6.29 Å². The first-order chi connectivity index (χ1) is 5.72. The third-order valence-corrected chi connectivity index (χ3v) is 2.17. The van der Waals surface area contributed by atoms with Gasteiger partial charge in [0.05, 0.1) is 0 Å². The molecule has 0 saturated heterocycles. The van der Waals surface area contributed by atoms with Crippen LogP contribution in [0.5, 0.6) is 0 Å². The van der Waals surface area contributed by atoms with Crippen LogP contribution >= 0.6 is 0 Å². The summed E-state index contributed by atoms with van der Waals surface area (Å²) < 4.78 is 5.25. The van der Waals surface area contributed by atoms with Gasteiger partial charge in [-0.15, -0.1) is 0 Å². The number of aliphatic hydroxyl groups excluding tert-OH is 1. The molecule has 12 heavy (non-hydrogen) atoms. The van der Waals surface area contributed by atoms with E-state index in [4.69, 9.17) is 4.74 Å². The first-order valence-corrected chi connectivity index (χ1v) is 5.02. The molecule has 0 heterocycles. The van der Waals surface area contributed by atoms with E-state index in [2.05, 4.69) is 13.8 Å². The number of aliphatic hydroxyl groups is 1. The summed E-state index contributed by atoms with van der Waals surface area (Å²) in [6.45, 7) is 6.91. The largest absolute Gasteiger partial charge is 0.368 e. The van der Waals surface area contributed by atoms with Crippen LogP contribution in [0.25, 0.3) is 0 Å². The van der Waals surface area contributed by atoms with E-state index >= 15 is 0 Å². The van der Waals surface area contributed by atoms with Crippen molar-refractivity contribution in [1.82, 2.24) is 0 Å². The molecular formula is C10H22O2. The van der Waals surface area contributed by atoms with Crippen LogP contribution in [0.2, 0.25) is 0 Å². The van der Waals surface area contributed by atoms with Crippen LogP contribution in [0.4, 0.5) is 0 Å². The average molecular weight is 174 g/mol. The maximum atomic E-state index is 9.39. The highest BCUT2D eigenvalue weighted by Crippen LogP contribution is 2.09. The standard InChI is InChI=1S/C10H22O2/c1-4-6-7-8-12-10(11)9(3)5-2/h9-11H,4-8H2,1-3H3. The zero-order valence-corrected chi connectivity index (χ0v) is 8.55. The van der Waals surface area contributed by atoms with E-state index in [0.29, 0.717) is 6.61 Å². The van der Waals surface area contributed by atoms with Crippen molar-refractivity contribution in [3.05, 3.63) is 0 Å². The van der Waals surface area contributed by atoms with Crippen LogP contribution in [0.3, 0.4) is 0 Å². The van der Waals surface area contributed by atoms with Gasteiger partial charge in [0.2, 0.25) is 0 Å². The molecule has 0 aliphatic rings. The Labute approximate surface area is 75.9 Å². The fraction of sp³-hybridized carbons (Fsp3) is 1.00. The molecule has 0 aromatic carbocycles. The zero-order chi connectivity index (χ0) is 9.40. The Morgan fingerprint density at radius 1 is 1.25 bits per heavy atom. The number of ether oxygens (including phenoxy) is 1. The van der Waals surface area contributed by atoms with Gasteiger partial charge < -0.3 is 9.84 Å². The van der Waals surface area contributed by atoms with E-state index in [9.17, 15) is 5.11 Å². The van der Waals surface area contributed by atoms with Gasteiger partial charge in [0.25, 0.3) is 0 Å². The molecule has 0 bridgehead atoms. The van der Waals surface area contributed by atoms with Gasteiger partial charge in [0.15, 0.2) is 6.29 Å². The molecule has 0 amide bonds. The van der Waals surface area contributed by atoms with E-state index in [1.807, 2.05) is 6.92 Å². The van der Waals surface area contributed by atoms with Crippen LogP contribution in [0.1, 0.15) is 46.5 Å². The summed E-state index contributed by atoms with van der Waals surface area (Å²) in [5.74, 6) is 0.256. The number of hydrogen-bond donors (Lipinski definition) is 1. The summed E-state index contributed by atoms with van der Waals surface area (Å²) in [6.07, 6.45) is 3.85. The van der Waals surface area contributed by atoms with Gasteiger partial charge in [-0.1, -0.05) is 33.6 Å². The summed E-state index contributed by atoms with van der Waals surface area (Å²) in [4.78, 5) is 0. The minimum absolute atomic E-state index is 0.256. The molecule has 0 aromatic heterocycles. The molecule has 1 N–H and O–H groups in total. The highest BCUT2D eigenvalue weighted by atomic mass is 16.6. The Morgan fingerprint density at radius 3 is 2.42 bits per heavy atom. The summed E-state index contributed by atoms with van der Waals surface area (Å²) in [5, 5.41) is 9.39. The molecule has 0 aliphatic heterocycles. The molecule has 0 saturated carbocycles. The SMILES string of the molecule is CCCCCOC(O)C(C)CC. The van der Waals surface area contributed by atoms with Crippen molar-refractivity contribution in [2.45, 2.75) is 52.7 Å². The lowest BCUT2D eigenvalue weighted by Gasteiger charge is -2.17. The maximum absolute atomic E-state index is 9.39. The summed E-state index contributed by atoms with van der Waals surface area (Å²) >= 11 is 0. The van der Waals surface area contributed by atoms with Crippen LogP contribution < -0.4 is 0 Å². The quantitative estimate of drug-likeness (QED) is 0.475. The Hall–Kier alpha value is -0.0800. The fourth-order valence-corrected chi connectivity index (χ4v) is 0.922. The minimum Gasteiger partial charge on any atom is -0.368 e. The lowest BCUT2D eigenvalue weighted by Crippen LogP contribution is -2.21. The van der Waals surface area contributed by atoms with Gasteiger partial charge in [-0.3, -0.25) is 0 Å². The molecular weight excluding hydrogens is 152 g/mol. The van der Waals surface area contributed by atoms with Crippen LogP contribution in [-0.2, 0) is 4.74 Å². The molecule has 2 unspecified atom stereocenters. The highest BCUT2D eigenvalue weighted by molar-refractivity contribution is 4.52. The molecule has 0 aliphatic carbocycles. The first-order valence-electron chi connectivity index (χ1n) is 5.02. The second-order valence-electron chi connectivity index (χ2n) is 3.35. The van der Waals surface area contributed by atoms with E-state index in [0.717, 1.165) is 12.8 Å². The maximum Gasteiger partial charge on any atom is 0.157 e. The van der Waals surface area contributed by atoms with E-state index in [1.165, 1.54) is 12.8 Å². The molecule has 2 heteroatoms. The summed E-state index contributed by atoms with van der Waals surface area (Å²) in [7, 11) is 0. The van der Waals surface area contributed by atoms with Crippen molar-refractivity contribution in [2.24, 2.45) is 5.92 Å². The summed E-state index contributed by atoms with van der Waals surface area (Å²) in [5.41, 5.74) is 0. The number of rotatable bonds is 7. The zero-order valence-electron chi connectivity index (χ0n) is 8.55. The Kier molecular flexibility index (Phi) is 7.51. The van der Waals surface area contributed by atoms with Crippen molar-refractivity contribution in [2.75, 3.05) is 6.61 Å². The monoisotopic (exact) mass is 174 g/mol. The molecule has 74 valence electrons. The van der Waals surface area contributed by atoms with Gasteiger partial charge >= 0.3 is 0 Å². The lowest BCUT2D eigenvalue weighted by atomic mass is 10.1. The van der Waals surface area contributed by atoms with Crippen molar-refractivity contribution in [1.29, 1.82) is 0 Å². The Balaban J connectivity index is 3.24. The lowest BCUT2D eigenvalue weighted by molar-refractivity contribution is -0.131. The molecule has 0 fully saturated rings. The molecule has 0 rings (SSSR count). The third kappa shape index (κ3) is 5.56. The highest BCUT2D eigenvalue weighted by Gasteiger charge is 2.11. The van der Waals surface area contributed by atoms with Gasteiger partial charge in [0, 0.05) is 12.5 Å². The topological polar surface area (TPSA) is 29.5 Å². The average Bonchev–Trinajstić information content (AvgIpc) is 2.10. The first kappa shape index (κ1) is 11.9. The van der Waals surface area contributed by atoms with Gasteiger partial charge in [-0.05, 0) is 12.8 Å². The van der Waals surface area contributed by atoms with Crippen molar-refractivity contribution in [3.8, 4) is 0 Å². The minimum atomic E-state index is -0.563. The predicted octanol–water partition coefficient (Wildman–Crippen LogP) is 2.56. The molecule has 2 nitrogen and oxygen atoms in total. The van der Waals surface area contributed by atoms with Crippen molar-refractivity contribution >= 4 is 0 Å². The Morgan fingerprint density at radius 2 is 1.92 bits per heavy atom. The van der Waals surface area contributed by atoms with Crippen molar-refractivity contribution in [3.63, 3.8) is 0 Å². The second-order valence-corrected chi connectivity index (χ2v) is 3.35. The normalized spacial score (nSPS) is 16.0. The van der Waals surface area contributed by atoms with Gasteiger partial charge in [0.1, 0.15) is 0 Å². The Bertz CT molecular complexity index is 93.8. The van der Waals surface area contributed by atoms with E-state index in [-0.39, 0.29) is 5.92 Å².